The van der Waals surface area contributed by atoms with Crippen LogP contribution in [0.15, 0.2) is 0 Å². The molecule has 0 bridgehead atoms. The van der Waals surface area contributed by atoms with E-state index in [0.29, 0.717) is 18.9 Å². The molecule has 1 rings (SSSR count). The van der Waals surface area contributed by atoms with Gasteiger partial charge in [-0.2, -0.15) is 0 Å². The molecule has 0 spiro atoms. The minimum absolute atomic E-state index is 0.0547. The summed E-state index contributed by atoms with van der Waals surface area (Å²) in [6.45, 7) is 4.69. The Hall–Kier alpha value is -1.96. The first-order valence-corrected chi connectivity index (χ1v) is 5.99. The second-order valence-electron chi connectivity index (χ2n) is 3.88. The van der Waals surface area contributed by atoms with Gasteiger partial charge in [-0.05, 0) is 13.3 Å². The molecule has 1 amide bonds. The summed E-state index contributed by atoms with van der Waals surface area (Å²) in [7, 11) is 0. The fourth-order valence-electron chi connectivity index (χ4n) is 1.37. The number of amides is 1. The number of rotatable bonds is 8. The topological polar surface area (TPSA) is 109 Å². The molecule has 0 aliphatic carbocycles. The zero-order valence-corrected chi connectivity index (χ0v) is 11.1. The average molecular weight is 270 g/mol. The highest BCUT2D eigenvalue weighted by molar-refractivity contribution is 5.91. The maximum absolute atomic E-state index is 11.5. The molecule has 0 aromatic carbocycles. The third-order valence-corrected chi connectivity index (χ3v) is 2.33. The lowest BCUT2D eigenvalue weighted by atomic mass is 10.3. The number of carbonyl (C=O) groups excluding carboxylic acids is 2. The van der Waals surface area contributed by atoms with E-state index in [1.807, 2.05) is 6.92 Å². The standard InChI is InChI=1S/C11H18N4O4/c1-3-4-18-5-6-19-9(16)7-15-8(2)10(11(12)17)13-14-15/h3-7H2,1-2H3,(H2,12,17). The normalized spacial score (nSPS) is 10.4. The molecule has 1 aromatic heterocycles. The van der Waals surface area contributed by atoms with Gasteiger partial charge in [-0.1, -0.05) is 12.1 Å². The zero-order valence-electron chi connectivity index (χ0n) is 11.1. The second-order valence-corrected chi connectivity index (χ2v) is 3.88. The first-order chi connectivity index (χ1) is 9.06. The smallest absolute Gasteiger partial charge is 0.327 e. The van der Waals surface area contributed by atoms with E-state index >= 15 is 0 Å². The number of carbonyl (C=O) groups is 2. The molecule has 19 heavy (non-hydrogen) atoms. The van der Waals surface area contributed by atoms with Gasteiger partial charge in [-0.25, -0.2) is 4.68 Å². The van der Waals surface area contributed by atoms with Crippen LogP contribution in [0.25, 0.3) is 0 Å². The molecule has 2 N–H and O–H groups in total. The molecule has 0 unspecified atom stereocenters. The van der Waals surface area contributed by atoms with Crippen LogP contribution in [0.2, 0.25) is 0 Å². The van der Waals surface area contributed by atoms with Crippen LogP contribution in [-0.2, 0) is 20.8 Å². The minimum Gasteiger partial charge on any atom is -0.462 e. The molecule has 0 saturated carbocycles. The highest BCUT2D eigenvalue weighted by atomic mass is 16.6. The van der Waals surface area contributed by atoms with Gasteiger partial charge < -0.3 is 15.2 Å². The Morgan fingerprint density at radius 3 is 2.63 bits per heavy atom. The minimum atomic E-state index is -0.676. The van der Waals surface area contributed by atoms with Crippen molar-refractivity contribution in [3.8, 4) is 0 Å². The van der Waals surface area contributed by atoms with Crippen molar-refractivity contribution in [1.29, 1.82) is 0 Å². The number of nitrogens with zero attached hydrogens (tertiary/aromatic N) is 3. The lowest BCUT2D eigenvalue weighted by Gasteiger charge is -2.06. The van der Waals surface area contributed by atoms with Gasteiger partial charge in [0.15, 0.2) is 5.69 Å². The Labute approximate surface area is 110 Å². The summed E-state index contributed by atoms with van der Waals surface area (Å²) in [5.74, 6) is -1.14. The molecule has 8 heteroatoms. The Morgan fingerprint density at radius 1 is 1.32 bits per heavy atom. The highest BCUT2D eigenvalue weighted by Gasteiger charge is 2.15. The number of esters is 1. The van der Waals surface area contributed by atoms with Crippen molar-refractivity contribution in [2.24, 2.45) is 5.73 Å². The van der Waals surface area contributed by atoms with Crippen molar-refractivity contribution in [1.82, 2.24) is 15.0 Å². The van der Waals surface area contributed by atoms with Crippen molar-refractivity contribution in [2.45, 2.75) is 26.8 Å². The summed E-state index contributed by atoms with van der Waals surface area (Å²) < 4.78 is 11.4. The predicted octanol–water partition coefficient (Wildman–Crippen LogP) is -0.345. The predicted molar refractivity (Wildman–Crippen MR) is 65.3 cm³/mol. The van der Waals surface area contributed by atoms with Crippen LogP contribution in [0, 0.1) is 6.92 Å². The molecule has 0 saturated heterocycles. The Balaban J connectivity index is 2.38. The maximum Gasteiger partial charge on any atom is 0.327 e. The van der Waals surface area contributed by atoms with Crippen molar-refractivity contribution in [3.63, 3.8) is 0 Å². The van der Waals surface area contributed by atoms with E-state index < -0.39 is 11.9 Å². The average Bonchev–Trinajstić information content (AvgIpc) is 2.71. The van der Waals surface area contributed by atoms with Gasteiger partial charge in [-0.3, -0.25) is 9.59 Å². The van der Waals surface area contributed by atoms with Gasteiger partial charge in [0.1, 0.15) is 13.2 Å². The molecule has 0 aliphatic rings. The van der Waals surface area contributed by atoms with Gasteiger partial charge in [0, 0.05) is 6.61 Å². The van der Waals surface area contributed by atoms with Gasteiger partial charge >= 0.3 is 5.97 Å². The van der Waals surface area contributed by atoms with E-state index in [9.17, 15) is 9.59 Å². The zero-order chi connectivity index (χ0) is 14.3. The summed E-state index contributed by atoms with van der Waals surface area (Å²) in [5.41, 5.74) is 5.59. The number of ether oxygens (including phenoxy) is 2. The third-order valence-electron chi connectivity index (χ3n) is 2.33. The van der Waals surface area contributed by atoms with Gasteiger partial charge in [-0.15, -0.1) is 5.10 Å². The molecule has 0 atom stereocenters. The first kappa shape index (κ1) is 15.1. The van der Waals surface area contributed by atoms with E-state index in [4.69, 9.17) is 15.2 Å². The number of aromatic nitrogens is 3. The van der Waals surface area contributed by atoms with E-state index in [-0.39, 0.29) is 18.8 Å². The second kappa shape index (κ2) is 7.47. The first-order valence-electron chi connectivity index (χ1n) is 5.99. The summed E-state index contributed by atoms with van der Waals surface area (Å²) >= 11 is 0. The monoisotopic (exact) mass is 270 g/mol. The number of hydrogen-bond acceptors (Lipinski definition) is 6. The summed E-state index contributed by atoms with van der Waals surface area (Å²) in [4.78, 5) is 22.5. The molecule has 0 aliphatic heterocycles. The van der Waals surface area contributed by atoms with Gasteiger partial charge in [0.05, 0.1) is 12.3 Å². The van der Waals surface area contributed by atoms with Crippen LogP contribution in [0.5, 0.6) is 0 Å². The quantitative estimate of drug-likeness (QED) is 0.511. The SMILES string of the molecule is CCCOCCOC(=O)Cn1nnc(C(N)=O)c1C. The Morgan fingerprint density at radius 2 is 2.05 bits per heavy atom. The fraction of sp³-hybridized carbons (Fsp3) is 0.636. The van der Waals surface area contributed by atoms with Gasteiger partial charge in [0.2, 0.25) is 0 Å². The molecule has 0 fully saturated rings. The molecule has 8 nitrogen and oxygen atoms in total. The lowest BCUT2D eigenvalue weighted by Crippen LogP contribution is -2.19. The number of primary amides is 1. The van der Waals surface area contributed by atoms with E-state index in [1.54, 1.807) is 6.92 Å². The molecule has 1 aromatic rings. The number of hydrogen-bond donors (Lipinski definition) is 1. The van der Waals surface area contributed by atoms with E-state index in [2.05, 4.69) is 10.3 Å². The fourth-order valence-corrected chi connectivity index (χ4v) is 1.37. The van der Waals surface area contributed by atoms with Crippen LogP contribution in [0.3, 0.4) is 0 Å². The largest absolute Gasteiger partial charge is 0.462 e. The van der Waals surface area contributed by atoms with E-state index in [1.165, 1.54) is 4.68 Å². The van der Waals surface area contributed by atoms with Crippen LogP contribution >= 0.6 is 0 Å². The highest BCUT2D eigenvalue weighted by Crippen LogP contribution is 2.02. The Bertz CT molecular complexity index is 444. The van der Waals surface area contributed by atoms with Crippen molar-refractivity contribution >= 4 is 11.9 Å². The van der Waals surface area contributed by atoms with Crippen molar-refractivity contribution < 1.29 is 19.1 Å². The molecular weight excluding hydrogens is 252 g/mol. The van der Waals surface area contributed by atoms with Crippen molar-refractivity contribution in [2.75, 3.05) is 19.8 Å². The van der Waals surface area contributed by atoms with Crippen LogP contribution in [0.4, 0.5) is 0 Å². The number of nitrogens with two attached hydrogens (primary N) is 1. The summed E-state index contributed by atoms with van der Waals surface area (Å²) in [5, 5.41) is 7.26. The maximum atomic E-state index is 11.5. The molecule has 1 heterocycles. The third kappa shape index (κ3) is 4.66. The molecular formula is C11H18N4O4. The molecule has 0 radical (unpaired) electrons. The van der Waals surface area contributed by atoms with Crippen molar-refractivity contribution in [3.05, 3.63) is 11.4 Å². The van der Waals surface area contributed by atoms with E-state index in [0.717, 1.165) is 6.42 Å². The van der Waals surface area contributed by atoms with Crippen LogP contribution < -0.4 is 5.73 Å². The lowest BCUT2D eigenvalue weighted by molar-refractivity contribution is -0.146. The van der Waals surface area contributed by atoms with Crippen LogP contribution in [0.1, 0.15) is 29.5 Å². The summed E-state index contributed by atoms with van der Waals surface area (Å²) in [6, 6.07) is 0. The van der Waals surface area contributed by atoms with Crippen LogP contribution in [-0.4, -0.2) is 46.7 Å². The molecule has 106 valence electrons. The van der Waals surface area contributed by atoms with Gasteiger partial charge in [0.25, 0.3) is 5.91 Å². The Kier molecular flexibility index (Phi) is 5.94. The summed E-state index contributed by atoms with van der Waals surface area (Å²) in [6.07, 6.45) is 0.919.